The van der Waals surface area contributed by atoms with Gasteiger partial charge in [-0.05, 0) is 54.5 Å². The summed E-state index contributed by atoms with van der Waals surface area (Å²) in [6.45, 7) is 2.42. The lowest BCUT2D eigenvalue weighted by Crippen LogP contribution is -2.03. The molecule has 0 unspecified atom stereocenters. The summed E-state index contributed by atoms with van der Waals surface area (Å²) in [5.74, 6) is 1.03. The number of carbonyl (C=O) groups is 1. The van der Waals surface area contributed by atoms with E-state index in [0.29, 0.717) is 29.4 Å². The Labute approximate surface area is 163 Å². The molecule has 0 saturated heterocycles. The van der Waals surface area contributed by atoms with E-state index in [0.717, 1.165) is 5.56 Å². The number of ether oxygens (including phenoxy) is 3. The molecule has 6 heteroatoms. The topological polar surface area (TPSA) is 92.3 Å². The number of benzene rings is 2. The Morgan fingerprint density at radius 2 is 1.71 bits per heavy atom. The first-order valence-corrected chi connectivity index (χ1v) is 8.42. The molecule has 140 valence electrons. The van der Waals surface area contributed by atoms with Gasteiger partial charge >= 0.3 is 5.97 Å². The quantitative estimate of drug-likeness (QED) is 0.313. The molecule has 0 atom stereocenters. The molecule has 2 rings (SSSR count). The van der Waals surface area contributed by atoms with Gasteiger partial charge in [-0.1, -0.05) is 18.2 Å². The number of methoxy groups -OCH3 is 1. The van der Waals surface area contributed by atoms with Crippen LogP contribution in [0.25, 0.3) is 12.2 Å². The second-order valence-corrected chi connectivity index (χ2v) is 5.45. The highest BCUT2D eigenvalue weighted by atomic mass is 16.5. The van der Waals surface area contributed by atoms with Crippen molar-refractivity contribution in [3.63, 3.8) is 0 Å². The van der Waals surface area contributed by atoms with Gasteiger partial charge in [0.25, 0.3) is 0 Å². The number of nitriles is 2. The molecule has 0 aromatic heterocycles. The largest absolute Gasteiger partial charge is 0.493 e. The standard InChI is InChI=1S/C22H18N2O4/c1-3-27-20-10-6-17(13-21(20)26-2)7-11-22(25)28-19-8-4-16(5-9-19)12-18(14-23)15-24/h4-13H,3H2,1-2H3/b11-7+. The average molecular weight is 374 g/mol. The molecule has 0 saturated carbocycles. The van der Waals surface area contributed by atoms with Gasteiger partial charge in [0, 0.05) is 6.08 Å². The van der Waals surface area contributed by atoms with Gasteiger partial charge in [-0.15, -0.1) is 0 Å². The molecule has 0 N–H and O–H groups in total. The smallest absolute Gasteiger partial charge is 0.336 e. The van der Waals surface area contributed by atoms with E-state index in [1.807, 2.05) is 6.92 Å². The monoisotopic (exact) mass is 374 g/mol. The zero-order valence-electron chi connectivity index (χ0n) is 15.5. The fourth-order valence-electron chi connectivity index (χ4n) is 2.27. The van der Waals surface area contributed by atoms with Crippen molar-refractivity contribution in [3.8, 4) is 29.4 Å². The fourth-order valence-corrected chi connectivity index (χ4v) is 2.27. The van der Waals surface area contributed by atoms with E-state index >= 15 is 0 Å². The van der Waals surface area contributed by atoms with Crippen LogP contribution in [0.4, 0.5) is 0 Å². The number of rotatable bonds is 7. The van der Waals surface area contributed by atoms with Crippen molar-refractivity contribution in [2.45, 2.75) is 6.92 Å². The molecule has 2 aromatic carbocycles. The van der Waals surface area contributed by atoms with Crippen molar-refractivity contribution in [1.82, 2.24) is 0 Å². The zero-order chi connectivity index (χ0) is 20.4. The van der Waals surface area contributed by atoms with Crippen molar-refractivity contribution >= 4 is 18.1 Å². The van der Waals surface area contributed by atoms with Crippen LogP contribution in [-0.2, 0) is 4.79 Å². The van der Waals surface area contributed by atoms with Crippen LogP contribution in [-0.4, -0.2) is 19.7 Å². The van der Waals surface area contributed by atoms with Crippen LogP contribution < -0.4 is 14.2 Å². The Hall–Kier alpha value is -4.03. The molecular weight excluding hydrogens is 356 g/mol. The lowest BCUT2D eigenvalue weighted by Gasteiger charge is -2.09. The predicted molar refractivity (Wildman–Crippen MR) is 104 cm³/mol. The summed E-state index contributed by atoms with van der Waals surface area (Å²) in [6, 6.07) is 15.4. The molecule has 6 nitrogen and oxygen atoms in total. The molecule has 0 aliphatic rings. The molecule has 0 heterocycles. The minimum absolute atomic E-state index is 0.00142. The van der Waals surface area contributed by atoms with Gasteiger partial charge in [0.15, 0.2) is 11.5 Å². The number of carbonyl (C=O) groups excluding carboxylic acids is 1. The van der Waals surface area contributed by atoms with E-state index in [1.54, 1.807) is 67.8 Å². The summed E-state index contributed by atoms with van der Waals surface area (Å²) in [7, 11) is 1.55. The highest BCUT2D eigenvalue weighted by Crippen LogP contribution is 2.28. The third kappa shape index (κ3) is 5.76. The van der Waals surface area contributed by atoms with Gasteiger partial charge in [-0.2, -0.15) is 10.5 Å². The molecule has 0 radical (unpaired) electrons. The first kappa shape index (κ1) is 20.3. The minimum Gasteiger partial charge on any atom is -0.493 e. The normalized spacial score (nSPS) is 9.86. The van der Waals surface area contributed by atoms with Gasteiger partial charge in [0.2, 0.25) is 0 Å². The number of nitrogens with zero attached hydrogens (tertiary/aromatic N) is 2. The fraction of sp³-hybridized carbons (Fsp3) is 0.136. The Morgan fingerprint density at radius 3 is 2.32 bits per heavy atom. The van der Waals surface area contributed by atoms with Crippen molar-refractivity contribution in [2.24, 2.45) is 0 Å². The third-order valence-electron chi connectivity index (χ3n) is 3.55. The third-order valence-corrected chi connectivity index (χ3v) is 3.55. The van der Waals surface area contributed by atoms with Crippen LogP contribution in [0.3, 0.4) is 0 Å². The molecule has 2 aromatic rings. The Bertz CT molecular complexity index is 961. The molecule has 0 aliphatic carbocycles. The van der Waals surface area contributed by atoms with E-state index in [9.17, 15) is 4.79 Å². The van der Waals surface area contributed by atoms with E-state index in [-0.39, 0.29) is 5.57 Å². The maximum absolute atomic E-state index is 12.0. The molecule has 0 aliphatic heterocycles. The van der Waals surface area contributed by atoms with Gasteiger partial charge in [-0.25, -0.2) is 4.79 Å². The van der Waals surface area contributed by atoms with Crippen molar-refractivity contribution < 1.29 is 19.0 Å². The van der Waals surface area contributed by atoms with E-state index in [4.69, 9.17) is 24.7 Å². The highest BCUT2D eigenvalue weighted by molar-refractivity contribution is 5.88. The lowest BCUT2D eigenvalue weighted by atomic mass is 10.1. The maximum atomic E-state index is 12.0. The van der Waals surface area contributed by atoms with Gasteiger partial charge in [0.05, 0.1) is 13.7 Å². The van der Waals surface area contributed by atoms with Crippen LogP contribution in [0.2, 0.25) is 0 Å². The second-order valence-electron chi connectivity index (χ2n) is 5.45. The summed E-state index contributed by atoms with van der Waals surface area (Å²) in [5, 5.41) is 17.5. The molecule has 0 spiro atoms. The summed E-state index contributed by atoms with van der Waals surface area (Å²) in [6.07, 6.45) is 4.38. The summed E-state index contributed by atoms with van der Waals surface area (Å²) in [5.41, 5.74) is 1.42. The second kappa shape index (κ2) is 10.2. The first-order chi connectivity index (χ1) is 13.6. The Morgan fingerprint density at radius 1 is 1.04 bits per heavy atom. The van der Waals surface area contributed by atoms with Crippen LogP contribution in [0.1, 0.15) is 18.1 Å². The Kier molecular flexibility index (Phi) is 7.39. The van der Waals surface area contributed by atoms with E-state index in [1.165, 1.54) is 12.2 Å². The van der Waals surface area contributed by atoms with Crippen molar-refractivity contribution in [2.75, 3.05) is 13.7 Å². The van der Waals surface area contributed by atoms with Crippen LogP contribution >= 0.6 is 0 Å². The summed E-state index contributed by atoms with van der Waals surface area (Å²) in [4.78, 5) is 12.0. The van der Waals surface area contributed by atoms with Crippen molar-refractivity contribution in [1.29, 1.82) is 10.5 Å². The maximum Gasteiger partial charge on any atom is 0.336 e. The summed E-state index contributed by atoms with van der Waals surface area (Å²) >= 11 is 0. The van der Waals surface area contributed by atoms with Gasteiger partial charge in [0.1, 0.15) is 23.5 Å². The van der Waals surface area contributed by atoms with Gasteiger partial charge in [-0.3, -0.25) is 0 Å². The number of hydrogen-bond acceptors (Lipinski definition) is 6. The van der Waals surface area contributed by atoms with Crippen LogP contribution in [0, 0.1) is 22.7 Å². The van der Waals surface area contributed by atoms with Gasteiger partial charge < -0.3 is 14.2 Å². The van der Waals surface area contributed by atoms with Crippen LogP contribution in [0.15, 0.2) is 54.1 Å². The summed E-state index contributed by atoms with van der Waals surface area (Å²) < 4.78 is 16.0. The highest BCUT2D eigenvalue weighted by Gasteiger charge is 2.05. The van der Waals surface area contributed by atoms with Crippen LogP contribution in [0.5, 0.6) is 17.2 Å². The number of allylic oxidation sites excluding steroid dienone is 1. The Balaban J connectivity index is 2.03. The zero-order valence-corrected chi connectivity index (χ0v) is 15.5. The number of esters is 1. The molecule has 0 bridgehead atoms. The number of hydrogen-bond donors (Lipinski definition) is 0. The van der Waals surface area contributed by atoms with Crippen molar-refractivity contribution in [3.05, 3.63) is 65.2 Å². The average Bonchev–Trinajstić information content (AvgIpc) is 2.72. The minimum atomic E-state index is -0.536. The van der Waals surface area contributed by atoms with E-state index in [2.05, 4.69) is 0 Å². The lowest BCUT2D eigenvalue weighted by molar-refractivity contribution is -0.128. The molecule has 0 fully saturated rings. The molecule has 0 amide bonds. The SMILES string of the molecule is CCOc1ccc(/C=C/C(=O)Oc2ccc(C=C(C#N)C#N)cc2)cc1OC. The first-order valence-electron chi connectivity index (χ1n) is 8.42. The predicted octanol–water partition coefficient (Wildman–Crippen LogP) is 4.14. The molecular formula is C22H18N2O4. The van der Waals surface area contributed by atoms with E-state index < -0.39 is 5.97 Å². The molecule has 28 heavy (non-hydrogen) atoms.